The molecule has 7 heteroatoms. The van der Waals surface area contributed by atoms with Crippen LogP contribution in [0.5, 0.6) is 0 Å². The number of benzene rings is 3. The summed E-state index contributed by atoms with van der Waals surface area (Å²) in [7, 11) is 0. The molecule has 0 N–H and O–H groups in total. The second-order valence-corrected chi connectivity index (χ2v) is 11.1. The second kappa shape index (κ2) is 8.23. The van der Waals surface area contributed by atoms with Crippen molar-refractivity contribution in [1.82, 2.24) is 15.0 Å². The highest BCUT2D eigenvalue weighted by atomic mass is 32.1. The first-order chi connectivity index (χ1) is 18.3. The van der Waals surface area contributed by atoms with Crippen molar-refractivity contribution >= 4 is 46.6 Å². The number of thiophene rings is 2. The van der Waals surface area contributed by atoms with Crippen LogP contribution in [0.15, 0.2) is 102 Å². The normalized spacial score (nSPS) is 13.2. The van der Waals surface area contributed by atoms with Crippen LogP contribution in [0.25, 0.3) is 43.7 Å². The third kappa shape index (κ3) is 3.24. The maximum Gasteiger partial charge on any atom is 0.303 e. The Labute approximate surface area is 223 Å². The summed E-state index contributed by atoms with van der Waals surface area (Å²) < 4.78 is 0. The summed E-state index contributed by atoms with van der Waals surface area (Å²) in [5.74, 6) is 2.07. The molecule has 0 bridgehead atoms. The fourth-order valence-corrected chi connectivity index (χ4v) is 7.50. The fraction of sp³-hybridized carbons (Fsp3) is 0.0333. The second-order valence-electron chi connectivity index (χ2n) is 9.28. The molecular formula is C30H19BN4S2. The summed E-state index contributed by atoms with van der Waals surface area (Å²) in [6, 6.07) is 31.6. The lowest BCUT2D eigenvalue weighted by Crippen LogP contribution is -2.53. The van der Waals surface area contributed by atoms with Crippen molar-refractivity contribution in [3.8, 4) is 43.7 Å². The molecule has 0 atom stereocenters. The molecule has 0 unspecified atom stereocenters. The minimum absolute atomic E-state index is 0.116. The van der Waals surface area contributed by atoms with Crippen LogP contribution in [0.4, 0.5) is 11.6 Å². The molecule has 0 amide bonds. The first kappa shape index (κ1) is 21.1. The van der Waals surface area contributed by atoms with E-state index in [-0.39, 0.29) is 6.85 Å². The fourth-order valence-electron chi connectivity index (χ4n) is 5.60. The van der Waals surface area contributed by atoms with E-state index < -0.39 is 0 Å². The van der Waals surface area contributed by atoms with E-state index in [1.165, 1.54) is 37.6 Å². The summed E-state index contributed by atoms with van der Waals surface area (Å²) in [6.07, 6.45) is 0.922. The largest absolute Gasteiger partial charge is 0.349 e. The molecule has 2 aliphatic heterocycles. The molecule has 0 radical (unpaired) electrons. The first-order valence-electron chi connectivity index (χ1n) is 12.3. The molecule has 6 aromatic rings. The summed E-state index contributed by atoms with van der Waals surface area (Å²) in [5, 5.41) is 4.40. The molecule has 0 fully saturated rings. The molecule has 0 spiro atoms. The predicted molar refractivity (Wildman–Crippen MR) is 155 cm³/mol. The maximum absolute atomic E-state index is 5.11. The number of aromatic nitrogens is 3. The van der Waals surface area contributed by atoms with Gasteiger partial charge in [-0.05, 0) is 51.4 Å². The van der Waals surface area contributed by atoms with E-state index in [2.05, 4.69) is 70.2 Å². The molecule has 3 aromatic carbocycles. The zero-order valence-electron chi connectivity index (χ0n) is 19.7. The van der Waals surface area contributed by atoms with Gasteiger partial charge in [0.15, 0.2) is 11.6 Å². The van der Waals surface area contributed by atoms with Crippen molar-refractivity contribution in [3.05, 3.63) is 107 Å². The number of hydrogen-bond acceptors (Lipinski definition) is 6. The zero-order chi connectivity index (χ0) is 24.3. The van der Waals surface area contributed by atoms with Gasteiger partial charge in [-0.1, -0.05) is 78.9 Å². The predicted octanol–water partition coefficient (Wildman–Crippen LogP) is 7.11. The van der Waals surface area contributed by atoms with Crippen LogP contribution in [-0.4, -0.2) is 21.8 Å². The Morgan fingerprint density at radius 2 is 1.24 bits per heavy atom. The quantitative estimate of drug-likeness (QED) is 0.238. The molecule has 174 valence electrons. The number of rotatable bonds is 3. The van der Waals surface area contributed by atoms with E-state index in [1.54, 1.807) is 11.3 Å². The molecule has 5 heterocycles. The Morgan fingerprint density at radius 3 is 1.95 bits per heavy atom. The number of fused-ring (bicyclic) bond motifs is 4. The minimum atomic E-state index is 0.116. The van der Waals surface area contributed by atoms with Gasteiger partial charge in [0.1, 0.15) is 0 Å². The van der Waals surface area contributed by atoms with Crippen molar-refractivity contribution in [2.75, 3.05) is 4.81 Å². The smallest absolute Gasteiger partial charge is 0.303 e. The molecule has 37 heavy (non-hydrogen) atoms. The van der Waals surface area contributed by atoms with Gasteiger partial charge in [0.05, 0.1) is 10.6 Å². The molecule has 3 aromatic heterocycles. The van der Waals surface area contributed by atoms with Crippen molar-refractivity contribution in [1.29, 1.82) is 0 Å². The average molecular weight is 510 g/mol. The molecule has 0 saturated heterocycles. The van der Waals surface area contributed by atoms with Gasteiger partial charge in [0.25, 0.3) is 0 Å². The third-order valence-corrected chi connectivity index (χ3v) is 9.13. The van der Waals surface area contributed by atoms with Gasteiger partial charge in [0.2, 0.25) is 5.95 Å². The SMILES string of the molecule is c1ccc(-c2nc(-c3ccccc3)nc(N3B4Cc5ccsc5-c5cccc(c54)-c4sccc43)n2)cc1. The van der Waals surface area contributed by atoms with Crippen LogP contribution >= 0.6 is 22.7 Å². The first-order valence-corrected chi connectivity index (χ1v) is 14.0. The van der Waals surface area contributed by atoms with Crippen LogP contribution in [-0.2, 0) is 6.32 Å². The van der Waals surface area contributed by atoms with E-state index in [9.17, 15) is 0 Å². The van der Waals surface area contributed by atoms with E-state index in [1.807, 2.05) is 47.7 Å². The van der Waals surface area contributed by atoms with Gasteiger partial charge in [0, 0.05) is 16.0 Å². The zero-order valence-corrected chi connectivity index (χ0v) is 21.3. The summed E-state index contributed by atoms with van der Waals surface area (Å²) in [5.41, 5.74) is 8.58. The Morgan fingerprint density at radius 1 is 0.622 bits per heavy atom. The molecule has 8 rings (SSSR count). The van der Waals surface area contributed by atoms with Crippen molar-refractivity contribution in [2.45, 2.75) is 6.32 Å². The minimum Gasteiger partial charge on any atom is -0.349 e. The van der Waals surface area contributed by atoms with Gasteiger partial charge < -0.3 is 4.81 Å². The molecule has 2 aliphatic rings. The van der Waals surface area contributed by atoms with Crippen LogP contribution in [0.2, 0.25) is 0 Å². The van der Waals surface area contributed by atoms with Crippen molar-refractivity contribution in [2.24, 2.45) is 0 Å². The number of anilines is 2. The van der Waals surface area contributed by atoms with Crippen molar-refractivity contribution < 1.29 is 0 Å². The van der Waals surface area contributed by atoms with Crippen LogP contribution < -0.4 is 10.3 Å². The lowest BCUT2D eigenvalue weighted by molar-refractivity contribution is 1.04. The lowest BCUT2D eigenvalue weighted by atomic mass is 9.44. The van der Waals surface area contributed by atoms with E-state index in [4.69, 9.17) is 15.0 Å². The Balaban J connectivity index is 1.39. The van der Waals surface area contributed by atoms with E-state index in [0.29, 0.717) is 17.6 Å². The van der Waals surface area contributed by atoms with Crippen LogP contribution in [0.1, 0.15) is 5.56 Å². The average Bonchev–Trinajstić information content (AvgIpc) is 3.64. The van der Waals surface area contributed by atoms with E-state index in [0.717, 1.165) is 17.4 Å². The Kier molecular flexibility index (Phi) is 4.69. The van der Waals surface area contributed by atoms with Gasteiger partial charge in [-0.25, -0.2) is 4.98 Å². The topological polar surface area (TPSA) is 41.9 Å². The van der Waals surface area contributed by atoms with Crippen molar-refractivity contribution in [3.63, 3.8) is 0 Å². The molecule has 4 nitrogen and oxygen atoms in total. The molecular weight excluding hydrogens is 491 g/mol. The number of hydrogen-bond donors (Lipinski definition) is 0. The van der Waals surface area contributed by atoms with E-state index >= 15 is 0 Å². The maximum atomic E-state index is 5.11. The highest BCUT2D eigenvalue weighted by Gasteiger charge is 2.42. The Bertz CT molecular complexity index is 1710. The Hall–Kier alpha value is -4.07. The van der Waals surface area contributed by atoms with Gasteiger partial charge in [-0.15, -0.1) is 22.7 Å². The summed E-state index contributed by atoms with van der Waals surface area (Å²) in [6.45, 7) is 0.116. The summed E-state index contributed by atoms with van der Waals surface area (Å²) in [4.78, 5) is 20.2. The summed E-state index contributed by atoms with van der Waals surface area (Å²) >= 11 is 3.62. The van der Waals surface area contributed by atoms with Crippen LogP contribution in [0, 0.1) is 0 Å². The lowest BCUT2D eigenvalue weighted by Gasteiger charge is -2.38. The molecule has 0 saturated carbocycles. The highest BCUT2D eigenvalue weighted by molar-refractivity contribution is 7.15. The number of nitrogens with zero attached hydrogens (tertiary/aromatic N) is 4. The highest BCUT2D eigenvalue weighted by Crippen LogP contribution is 2.47. The van der Waals surface area contributed by atoms with Gasteiger partial charge >= 0.3 is 6.85 Å². The standard InChI is InChI=1S/C30H19BN4S2/c1-3-8-19(9-4-1)28-32-29(20-10-5-2-6-11-20)34-30(33-28)35-24-15-17-37-27(24)23-13-7-12-22-25(23)31(35)18-21-14-16-36-26(21)22/h1-17H,18H2. The van der Waals surface area contributed by atoms with Gasteiger partial charge in [-0.2, -0.15) is 9.97 Å². The third-order valence-electron chi connectivity index (χ3n) is 7.21. The monoisotopic (exact) mass is 510 g/mol. The van der Waals surface area contributed by atoms with Crippen LogP contribution in [0.3, 0.4) is 0 Å². The molecule has 0 aliphatic carbocycles. The van der Waals surface area contributed by atoms with Gasteiger partial charge in [-0.3, -0.25) is 0 Å².